The van der Waals surface area contributed by atoms with E-state index in [0.717, 1.165) is 22.4 Å². The molecule has 0 saturated heterocycles. The van der Waals surface area contributed by atoms with E-state index in [1.807, 2.05) is 42.5 Å². The molecule has 172 valence electrons. The van der Waals surface area contributed by atoms with Crippen molar-refractivity contribution in [3.63, 3.8) is 0 Å². The number of nitrogens with one attached hydrogen (secondary N) is 2. The summed E-state index contributed by atoms with van der Waals surface area (Å²) in [5, 5.41) is 7.44. The van der Waals surface area contributed by atoms with Gasteiger partial charge in [0.1, 0.15) is 11.6 Å². The molecule has 3 aromatic carbocycles. The Labute approximate surface area is 190 Å². The van der Waals surface area contributed by atoms with Gasteiger partial charge in [-0.15, -0.1) is 0 Å². The molecule has 0 aliphatic heterocycles. The quantitative estimate of drug-likeness (QED) is 0.298. The first-order chi connectivity index (χ1) is 15.7. The molecule has 3 aromatic rings. The molecule has 0 heterocycles. The van der Waals surface area contributed by atoms with Gasteiger partial charge in [0.25, 0.3) is 0 Å². The molecule has 1 atom stereocenters. The SMILES string of the molecule is O=C(NCCc1cccc2ccccc12)[C@H](CC#Cc1ccc(F)cc1F)NCP(=O)(O)O. The van der Waals surface area contributed by atoms with E-state index in [1.165, 1.54) is 6.07 Å². The summed E-state index contributed by atoms with van der Waals surface area (Å²) in [6.07, 6.45) is -0.275. The van der Waals surface area contributed by atoms with Gasteiger partial charge in [0, 0.05) is 19.0 Å². The first kappa shape index (κ1) is 24.6. The minimum absolute atomic E-state index is 0.0403. The molecule has 3 rings (SSSR count). The zero-order valence-electron chi connectivity index (χ0n) is 17.6. The maximum Gasteiger partial charge on any atom is 0.339 e. The molecule has 0 spiro atoms. The van der Waals surface area contributed by atoms with Gasteiger partial charge < -0.3 is 15.1 Å². The molecule has 0 aliphatic carbocycles. The Morgan fingerprint density at radius 2 is 1.82 bits per heavy atom. The molecule has 0 unspecified atom stereocenters. The van der Waals surface area contributed by atoms with Crippen LogP contribution in [0.5, 0.6) is 0 Å². The van der Waals surface area contributed by atoms with Crippen molar-refractivity contribution in [2.24, 2.45) is 0 Å². The lowest BCUT2D eigenvalue weighted by atomic mass is 10.0. The van der Waals surface area contributed by atoms with Crippen molar-refractivity contribution in [1.82, 2.24) is 10.6 Å². The molecule has 4 N–H and O–H groups in total. The standard InChI is InChI=1S/C24H23F2N2O4P/c25-20-12-11-19(22(26)15-20)8-4-10-23(28-16-33(30,31)32)24(29)27-14-13-18-7-3-6-17-5-1-2-9-21(17)18/h1-3,5-7,9,11-12,15,23,28H,10,13-14,16H2,(H,27,29)(H2,30,31,32)/t23-/m0/s1. The monoisotopic (exact) mass is 472 g/mol. The molecule has 33 heavy (non-hydrogen) atoms. The van der Waals surface area contributed by atoms with Crippen molar-refractivity contribution >= 4 is 24.3 Å². The maximum atomic E-state index is 13.7. The molecule has 0 saturated carbocycles. The van der Waals surface area contributed by atoms with Gasteiger partial charge in [-0.3, -0.25) is 14.7 Å². The number of carbonyl (C=O) groups is 1. The molecular formula is C24H23F2N2O4P. The lowest BCUT2D eigenvalue weighted by molar-refractivity contribution is -0.122. The number of benzene rings is 3. The predicted octanol–water partition coefficient (Wildman–Crippen LogP) is 3.31. The average molecular weight is 472 g/mol. The minimum atomic E-state index is -4.40. The summed E-state index contributed by atoms with van der Waals surface area (Å²) in [4.78, 5) is 30.9. The maximum absolute atomic E-state index is 13.7. The van der Waals surface area contributed by atoms with Crippen LogP contribution < -0.4 is 10.6 Å². The number of hydrogen-bond acceptors (Lipinski definition) is 3. The first-order valence-electron chi connectivity index (χ1n) is 10.2. The van der Waals surface area contributed by atoms with Gasteiger partial charge in [-0.2, -0.15) is 0 Å². The van der Waals surface area contributed by atoms with Gasteiger partial charge in [0.05, 0.1) is 17.9 Å². The van der Waals surface area contributed by atoms with Gasteiger partial charge in [0.2, 0.25) is 5.91 Å². The number of amides is 1. The Hall–Kier alpha value is -3.08. The van der Waals surface area contributed by atoms with Gasteiger partial charge in [0.15, 0.2) is 0 Å². The fraction of sp³-hybridized carbons (Fsp3) is 0.208. The third kappa shape index (κ3) is 7.48. The van der Waals surface area contributed by atoms with E-state index in [4.69, 9.17) is 9.79 Å². The van der Waals surface area contributed by atoms with E-state index < -0.39 is 37.5 Å². The van der Waals surface area contributed by atoms with Crippen LogP contribution in [0.15, 0.2) is 60.7 Å². The molecule has 0 bridgehead atoms. The number of carbonyl (C=O) groups excluding carboxylic acids is 1. The van der Waals surface area contributed by atoms with Crippen LogP contribution in [-0.4, -0.2) is 34.6 Å². The third-order valence-electron chi connectivity index (χ3n) is 4.89. The van der Waals surface area contributed by atoms with Crippen LogP contribution in [0.25, 0.3) is 10.8 Å². The smallest absolute Gasteiger partial charge is 0.339 e. The summed E-state index contributed by atoms with van der Waals surface area (Å²) in [5.74, 6) is 3.09. The van der Waals surface area contributed by atoms with E-state index in [-0.39, 0.29) is 12.0 Å². The van der Waals surface area contributed by atoms with E-state index in [9.17, 15) is 18.1 Å². The first-order valence-corrected chi connectivity index (χ1v) is 12.0. The van der Waals surface area contributed by atoms with E-state index in [0.29, 0.717) is 19.0 Å². The van der Waals surface area contributed by atoms with Crippen molar-refractivity contribution in [2.45, 2.75) is 18.9 Å². The van der Waals surface area contributed by atoms with Crippen LogP contribution in [0.4, 0.5) is 8.78 Å². The van der Waals surface area contributed by atoms with Gasteiger partial charge in [-0.25, -0.2) is 8.78 Å². The summed E-state index contributed by atoms with van der Waals surface area (Å²) in [5.41, 5.74) is 1.02. The predicted molar refractivity (Wildman–Crippen MR) is 122 cm³/mol. The zero-order valence-corrected chi connectivity index (χ0v) is 18.5. The number of fused-ring (bicyclic) bond motifs is 1. The molecule has 0 radical (unpaired) electrons. The summed E-state index contributed by atoms with van der Waals surface area (Å²) in [7, 11) is -4.40. The number of hydrogen-bond donors (Lipinski definition) is 4. The fourth-order valence-electron chi connectivity index (χ4n) is 3.28. The Balaban J connectivity index is 1.65. The Bertz CT molecular complexity index is 1240. The van der Waals surface area contributed by atoms with Gasteiger partial charge in [-0.05, 0) is 34.9 Å². The van der Waals surface area contributed by atoms with Crippen LogP contribution in [-0.2, 0) is 15.8 Å². The van der Waals surface area contributed by atoms with Gasteiger partial charge in [-0.1, -0.05) is 54.3 Å². The average Bonchev–Trinajstić information content (AvgIpc) is 2.76. The molecule has 0 aliphatic rings. The summed E-state index contributed by atoms with van der Waals surface area (Å²) >= 11 is 0. The van der Waals surface area contributed by atoms with Crippen molar-refractivity contribution in [3.8, 4) is 11.8 Å². The highest BCUT2D eigenvalue weighted by molar-refractivity contribution is 7.51. The van der Waals surface area contributed by atoms with Crippen molar-refractivity contribution in [2.75, 3.05) is 12.8 Å². The molecule has 9 heteroatoms. The van der Waals surface area contributed by atoms with E-state index >= 15 is 0 Å². The van der Waals surface area contributed by atoms with Crippen LogP contribution in [0.1, 0.15) is 17.5 Å². The second-order valence-electron chi connectivity index (χ2n) is 7.39. The second kappa shape index (κ2) is 11.2. The van der Waals surface area contributed by atoms with E-state index in [1.54, 1.807) is 0 Å². The van der Waals surface area contributed by atoms with Crippen molar-refractivity contribution in [3.05, 3.63) is 83.4 Å². The van der Waals surface area contributed by atoms with Crippen molar-refractivity contribution in [1.29, 1.82) is 0 Å². The highest BCUT2D eigenvalue weighted by Gasteiger charge is 2.21. The van der Waals surface area contributed by atoms with E-state index in [2.05, 4.69) is 22.5 Å². The molecule has 1 amide bonds. The number of rotatable bonds is 8. The minimum Gasteiger partial charge on any atom is -0.354 e. The summed E-state index contributed by atoms with van der Waals surface area (Å²) in [6.45, 7) is 0.306. The molecular weight excluding hydrogens is 449 g/mol. The largest absolute Gasteiger partial charge is 0.354 e. The summed E-state index contributed by atoms with van der Waals surface area (Å²) < 4.78 is 38.0. The van der Waals surface area contributed by atoms with Crippen LogP contribution in [0, 0.1) is 23.5 Å². The zero-order chi connectivity index (χ0) is 23.8. The Kier molecular flexibility index (Phi) is 8.32. The summed E-state index contributed by atoms with van der Waals surface area (Å²) in [6, 6.07) is 15.7. The van der Waals surface area contributed by atoms with Crippen molar-refractivity contribution < 1.29 is 27.9 Å². The molecule has 6 nitrogen and oxygen atoms in total. The topological polar surface area (TPSA) is 98.7 Å². The lowest BCUT2D eigenvalue weighted by Crippen LogP contribution is -2.44. The van der Waals surface area contributed by atoms with Crippen LogP contribution in [0.2, 0.25) is 0 Å². The van der Waals surface area contributed by atoms with Crippen LogP contribution >= 0.6 is 7.60 Å². The fourth-order valence-corrected chi connectivity index (χ4v) is 3.74. The number of halogens is 2. The third-order valence-corrected chi connectivity index (χ3v) is 5.49. The highest BCUT2D eigenvalue weighted by Crippen LogP contribution is 2.32. The normalized spacial score (nSPS) is 12.1. The Morgan fingerprint density at radius 3 is 2.58 bits per heavy atom. The second-order valence-corrected chi connectivity index (χ2v) is 9.03. The molecule has 0 aromatic heterocycles. The molecule has 0 fully saturated rings. The lowest BCUT2D eigenvalue weighted by Gasteiger charge is -2.17. The highest BCUT2D eigenvalue weighted by atomic mass is 31.2. The van der Waals surface area contributed by atoms with Crippen LogP contribution in [0.3, 0.4) is 0 Å². The Morgan fingerprint density at radius 1 is 1.06 bits per heavy atom. The van der Waals surface area contributed by atoms with Gasteiger partial charge >= 0.3 is 7.60 Å².